The molecule has 3 aromatic rings. The molecule has 0 radical (unpaired) electrons. The molecule has 3 rings (SSSR count). The summed E-state index contributed by atoms with van der Waals surface area (Å²) in [7, 11) is 7.87. The number of carbonyl (C=O) groups is 1. The Morgan fingerprint density at radius 1 is 1.10 bits per heavy atom. The lowest BCUT2D eigenvalue weighted by molar-refractivity contribution is -0.124. The first kappa shape index (κ1) is 20.7. The number of likely N-dealkylation sites (N-methyl/N-ethyl adjacent to an activating group) is 1. The number of rotatable bonds is 6. The van der Waals surface area contributed by atoms with E-state index in [1.54, 1.807) is 41.5 Å². The second-order valence-electron chi connectivity index (χ2n) is 6.66. The van der Waals surface area contributed by atoms with Gasteiger partial charge < -0.3 is 19.1 Å². The SMILES string of the molecule is COc1cc(-c2n[nH]c3ccc(C=C(C#N)C(=O)N(C)C)cc23)cc(OC)c1OC. The smallest absolute Gasteiger partial charge is 0.264 e. The summed E-state index contributed by atoms with van der Waals surface area (Å²) < 4.78 is 16.3. The Hall–Kier alpha value is -3.99. The monoisotopic (exact) mass is 406 g/mol. The average molecular weight is 406 g/mol. The first-order valence-electron chi connectivity index (χ1n) is 9.05. The fourth-order valence-corrected chi connectivity index (χ4v) is 3.11. The third kappa shape index (κ3) is 3.78. The molecule has 8 heteroatoms. The Kier molecular flexibility index (Phi) is 5.93. The normalized spacial score (nSPS) is 11.1. The molecule has 0 aliphatic carbocycles. The quantitative estimate of drug-likeness (QED) is 0.498. The summed E-state index contributed by atoms with van der Waals surface area (Å²) >= 11 is 0. The van der Waals surface area contributed by atoms with E-state index in [4.69, 9.17) is 14.2 Å². The highest BCUT2D eigenvalue weighted by molar-refractivity contribution is 6.02. The summed E-state index contributed by atoms with van der Waals surface area (Å²) in [5.41, 5.74) is 3.02. The molecule has 0 unspecified atom stereocenters. The molecule has 0 bridgehead atoms. The van der Waals surface area contributed by atoms with Gasteiger partial charge >= 0.3 is 0 Å². The maximum Gasteiger partial charge on any atom is 0.264 e. The lowest BCUT2D eigenvalue weighted by Gasteiger charge is -2.13. The van der Waals surface area contributed by atoms with Crippen molar-refractivity contribution in [2.75, 3.05) is 35.4 Å². The summed E-state index contributed by atoms with van der Waals surface area (Å²) in [6, 6.07) is 11.1. The molecular weight excluding hydrogens is 384 g/mol. The molecule has 0 saturated heterocycles. The number of nitrogens with one attached hydrogen (secondary N) is 1. The van der Waals surface area contributed by atoms with Gasteiger partial charge in [-0.2, -0.15) is 10.4 Å². The molecule has 30 heavy (non-hydrogen) atoms. The molecular formula is C22H22N4O4. The number of aromatic amines is 1. The highest BCUT2D eigenvalue weighted by Crippen LogP contribution is 2.42. The molecule has 2 aromatic carbocycles. The molecule has 1 aromatic heterocycles. The number of carbonyl (C=O) groups excluding carboxylic acids is 1. The number of ether oxygens (including phenoxy) is 3. The lowest BCUT2D eigenvalue weighted by atomic mass is 10.0. The van der Waals surface area contributed by atoms with Crippen molar-refractivity contribution in [3.8, 4) is 34.6 Å². The van der Waals surface area contributed by atoms with Crippen LogP contribution in [0.15, 0.2) is 35.9 Å². The topological polar surface area (TPSA) is 100 Å². The Morgan fingerprint density at radius 3 is 2.30 bits per heavy atom. The molecule has 1 amide bonds. The second-order valence-corrected chi connectivity index (χ2v) is 6.66. The minimum Gasteiger partial charge on any atom is -0.493 e. The van der Waals surface area contributed by atoms with Gasteiger partial charge in [0.25, 0.3) is 5.91 Å². The van der Waals surface area contributed by atoms with Crippen LogP contribution in [0.3, 0.4) is 0 Å². The largest absolute Gasteiger partial charge is 0.493 e. The van der Waals surface area contributed by atoms with Crippen LogP contribution in [0.25, 0.3) is 28.2 Å². The fourth-order valence-electron chi connectivity index (χ4n) is 3.11. The van der Waals surface area contributed by atoms with Gasteiger partial charge in [-0.25, -0.2) is 0 Å². The number of nitriles is 1. The van der Waals surface area contributed by atoms with Crippen LogP contribution in [0, 0.1) is 11.3 Å². The molecule has 154 valence electrons. The minimum absolute atomic E-state index is 0.0529. The third-order valence-corrected chi connectivity index (χ3v) is 4.59. The number of H-pyrrole nitrogens is 1. The second kappa shape index (κ2) is 8.57. The number of methoxy groups -OCH3 is 3. The molecule has 8 nitrogen and oxygen atoms in total. The Labute approximate surface area is 174 Å². The van der Waals surface area contributed by atoms with E-state index >= 15 is 0 Å². The summed E-state index contributed by atoms with van der Waals surface area (Å²) in [6.07, 6.45) is 1.56. The van der Waals surface area contributed by atoms with Crippen molar-refractivity contribution in [1.29, 1.82) is 5.26 Å². The van der Waals surface area contributed by atoms with Crippen LogP contribution in [-0.2, 0) is 4.79 Å². The number of aromatic nitrogens is 2. The Bertz CT molecular complexity index is 1150. The number of benzene rings is 2. The van der Waals surface area contributed by atoms with Gasteiger partial charge in [-0.05, 0) is 35.9 Å². The van der Waals surface area contributed by atoms with Crippen molar-refractivity contribution in [1.82, 2.24) is 15.1 Å². The van der Waals surface area contributed by atoms with Crippen molar-refractivity contribution in [3.05, 3.63) is 41.5 Å². The molecule has 0 aliphatic rings. The highest BCUT2D eigenvalue weighted by atomic mass is 16.5. The number of fused-ring (bicyclic) bond motifs is 1. The molecule has 0 aliphatic heterocycles. The molecule has 0 saturated carbocycles. The number of hydrogen-bond acceptors (Lipinski definition) is 6. The minimum atomic E-state index is -0.352. The Balaban J connectivity index is 2.15. The maximum absolute atomic E-state index is 12.2. The van der Waals surface area contributed by atoms with Crippen LogP contribution >= 0.6 is 0 Å². The molecule has 1 N–H and O–H groups in total. The summed E-state index contributed by atoms with van der Waals surface area (Å²) in [5.74, 6) is 1.17. The Morgan fingerprint density at radius 2 is 1.77 bits per heavy atom. The number of nitrogens with zero attached hydrogens (tertiary/aromatic N) is 3. The van der Waals surface area contributed by atoms with Crippen LogP contribution in [0.1, 0.15) is 5.56 Å². The van der Waals surface area contributed by atoms with E-state index in [1.165, 1.54) is 4.90 Å². The third-order valence-electron chi connectivity index (χ3n) is 4.59. The van der Waals surface area contributed by atoms with E-state index in [2.05, 4.69) is 10.2 Å². The summed E-state index contributed by atoms with van der Waals surface area (Å²) in [4.78, 5) is 13.5. The summed E-state index contributed by atoms with van der Waals surface area (Å²) in [6.45, 7) is 0. The van der Waals surface area contributed by atoms with Crippen molar-refractivity contribution in [3.63, 3.8) is 0 Å². The summed E-state index contributed by atoms with van der Waals surface area (Å²) in [5, 5.41) is 17.6. The molecule has 0 atom stereocenters. The van der Waals surface area contributed by atoms with E-state index in [1.807, 2.05) is 36.4 Å². The average Bonchev–Trinajstić information content (AvgIpc) is 3.18. The van der Waals surface area contributed by atoms with Crippen molar-refractivity contribution in [2.24, 2.45) is 0 Å². The maximum atomic E-state index is 12.2. The van der Waals surface area contributed by atoms with Crippen LogP contribution < -0.4 is 14.2 Å². The lowest BCUT2D eigenvalue weighted by Crippen LogP contribution is -2.22. The van der Waals surface area contributed by atoms with Gasteiger partial charge in [0.05, 0.1) is 26.8 Å². The fraction of sp³-hybridized carbons (Fsp3) is 0.227. The zero-order valence-electron chi connectivity index (χ0n) is 17.4. The standard InChI is InChI=1S/C22H22N4O4/c1-26(2)22(27)15(12-23)8-13-6-7-17-16(9-13)20(25-24-17)14-10-18(28-3)21(30-5)19(11-14)29-4/h6-11H,1-5H3,(H,24,25). The van der Waals surface area contributed by atoms with E-state index in [-0.39, 0.29) is 11.5 Å². The van der Waals surface area contributed by atoms with Gasteiger partial charge in [0.15, 0.2) is 11.5 Å². The number of amides is 1. The first-order chi connectivity index (χ1) is 14.4. The van der Waals surface area contributed by atoms with Crippen molar-refractivity contribution < 1.29 is 19.0 Å². The predicted octanol–water partition coefficient (Wildman–Crippen LogP) is 3.25. The van der Waals surface area contributed by atoms with Crippen LogP contribution in [-0.4, -0.2) is 56.4 Å². The van der Waals surface area contributed by atoms with Gasteiger partial charge in [0.2, 0.25) is 5.75 Å². The van der Waals surface area contributed by atoms with E-state index < -0.39 is 0 Å². The van der Waals surface area contributed by atoms with E-state index in [9.17, 15) is 10.1 Å². The number of hydrogen-bond donors (Lipinski definition) is 1. The van der Waals surface area contributed by atoms with Crippen molar-refractivity contribution >= 4 is 22.9 Å². The van der Waals surface area contributed by atoms with Gasteiger partial charge in [-0.1, -0.05) is 6.07 Å². The van der Waals surface area contributed by atoms with Gasteiger partial charge in [0, 0.05) is 25.0 Å². The zero-order valence-corrected chi connectivity index (χ0v) is 17.4. The van der Waals surface area contributed by atoms with Gasteiger partial charge in [-0.15, -0.1) is 0 Å². The molecule has 1 heterocycles. The van der Waals surface area contributed by atoms with Crippen LogP contribution in [0.5, 0.6) is 17.2 Å². The van der Waals surface area contributed by atoms with E-state index in [0.717, 1.165) is 16.5 Å². The van der Waals surface area contributed by atoms with Crippen LogP contribution in [0.2, 0.25) is 0 Å². The molecule has 0 fully saturated rings. The van der Waals surface area contributed by atoms with Gasteiger partial charge in [0.1, 0.15) is 17.3 Å². The zero-order chi connectivity index (χ0) is 21.8. The molecule has 0 spiro atoms. The van der Waals surface area contributed by atoms with E-state index in [0.29, 0.717) is 28.5 Å². The first-order valence-corrected chi connectivity index (χ1v) is 9.05. The predicted molar refractivity (Wildman–Crippen MR) is 113 cm³/mol. The highest BCUT2D eigenvalue weighted by Gasteiger charge is 2.17. The van der Waals surface area contributed by atoms with Gasteiger partial charge in [-0.3, -0.25) is 9.89 Å². The van der Waals surface area contributed by atoms with Crippen LogP contribution in [0.4, 0.5) is 0 Å². The van der Waals surface area contributed by atoms with Crippen molar-refractivity contribution in [2.45, 2.75) is 0 Å².